The van der Waals surface area contributed by atoms with Crippen molar-refractivity contribution in [2.24, 2.45) is 5.92 Å². The summed E-state index contributed by atoms with van der Waals surface area (Å²) in [7, 11) is -0.886. The Balaban J connectivity index is 1.85. The van der Waals surface area contributed by atoms with Gasteiger partial charge < -0.3 is 23.9 Å². The molecule has 1 amide bonds. The van der Waals surface area contributed by atoms with Crippen LogP contribution in [0.3, 0.4) is 0 Å². The largest absolute Gasteiger partial charge is 0.497 e. The first-order valence-electron chi connectivity index (χ1n) is 12.4. The highest BCUT2D eigenvalue weighted by molar-refractivity contribution is 7.89. The molecule has 3 aromatic rings. The zero-order valence-corrected chi connectivity index (χ0v) is 23.0. The fourth-order valence-corrected chi connectivity index (χ4v) is 5.67. The zero-order chi connectivity index (χ0) is 27.7. The van der Waals surface area contributed by atoms with Crippen LogP contribution in [0.25, 0.3) is 0 Å². The Bertz CT molecular complexity index is 1230. The van der Waals surface area contributed by atoms with Crippen LogP contribution in [0.4, 0.5) is 4.79 Å². The number of aliphatic hydroxyl groups excluding tert-OH is 1. The van der Waals surface area contributed by atoms with Crippen LogP contribution in [-0.2, 0) is 27.8 Å². The Hall–Kier alpha value is -3.34. The number of methoxy groups -OCH3 is 1. The highest BCUT2D eigenvalue weighted by atomic mass is 32.2. The van der Waals surface area contributed by atoms with E-state index in [9.17, 15) is 18.3 Å². The number of amides is 1. The molecular formula is C28H36N2O7S. The number of carbonyl (C=O) groups excluding carboxylic acids is 1. The number of benzene rings is 2. The van der Waals surface area contributed by atoms with Crippen LogP contribution in [0, 0.1) is 5.92 Å². The lowest BCUT2D eigenvalue weighted by molar-refractivity contribution is 0.0331. The van der Waals surface area contributed by atoms with Crippen molar-refractivity contribution in [3.63, 3.8) is 0 Å². The van der Waals surface area contributed by atoms with Gasteiger partial charge in [0.2, 0.25) is 10.0 Å². The summed E-state index contributed by atoms with van der Waals surface area (Å²) in [6.45, 7) is 3.81. The van der Waals surface area contributed by atoms with E-state index in [2.05, 4.69) is 0 Å². The fourth-order valence-electron chi connectivity index (χ4n) is 4.05. The minimum absolute atomic E-state index is 0.000418. The smallest absolute Gasteiger partial charge is 0.410 e. The number of aliphatic hydroxyl groups is 1. The van der Waals surface area contributed by atoms with Crippen LogP contribution in [0.15, 0.2) is 82.5 Å². The van der Waals surface area contributed by atoms with Crippen molar-refractivity contribution in [1.29, 1.82) is 0 Å². The molecule has 206 valence electrons. The number of rotatable bonds is 13. The van der Waals surface area contributed by atoms with Crippen molar-refractivity contribution in [2.45, 2.75) is 43.9 Å². The molecule has 0 spiro atoms. The second-order valence-corrected chi connectivity index (χ2v) is 11.5. The Morgan fingerprint density at radius 2 is 1.68 bits per heavy atom. The first kappa shape index (κ1) is 29.2. The van der Waals surface area contributed by atoms with Gasteiger partial charge in [0.15, 0.2) is 0 Å². The van der Waals surface area contributed by atoms with E-state index in [0.717, 1.165) is 5.56 Å². The van der Waals surface area contributed by atoms with Gasteiger partial charge in [0.1, 0.15) is 12.4 Å². The topological polar surface area (TPSA) is 110 Å². The van der Waals surface area contributed by atoms with Gasteiger partial charge in [-0.25, -0.2) is 13.2 Å². The maximum atomic E-state index is 13.6. The minimum atomic E-state index is -3.94. The molecule has 0 saturated heterocycles. The average molecular weight is 545 g/mol. The molecule has 1 N–H and O–H groups in total. The Kier molecular flexibility index (Phi) is 10.3. The van der Waals surface area contributed by atoms with E-state index in [4.69, 9.17) is 13.9 Å². The second-order valence-electron chi connectivity index (χ2n) is 9.51. The molecule has 0 saturated carbocycles. The monoisotopic (exact) mass is 544 g/mol. The fraction of sp³-hybridized carbons (Fsp3) is 0.393. The molecule has 0 fully saturated rings. The van der Waals surface area contributed by atoms with E-state index in [1.54, 1.807) is 25.2 Å². The summed E-state index contributed by atoms with van der Waals surface area (Å²) in [5.41, 5.74) is 1.58. The molecule has 10 heteroatoms. The van der Waals surface area contributed by atoms with Gasteiger partial charge in [-0.1, -0.05) is 44.2 Å². The van der Waals surface area contributed by atoms with Crippen molar-refractivity contribution in [2.75, 3.05) is 27.2 Å². The van der Waals surface area contributed by atoms with Gasteiger partial charge in [-0.15, -0.1) is 0 Å². The number of hydrogen-bond acceptors (Lipinski definition) is 7. The summed E-state index contributed by atoms with van der Waals surface area (Å²) in [6.07, 6.45) is 1.43. The molecule has 0 aliphatic heterocycles. The van der Waals surface area contributed by atoms with Gasteiger partial charge in [0.05, 0.1) is 36.7 Å². The predicted octanol–water partition coefficient (Wildman–Crippen LogP) is 4.18. The molecular weight excluding hydrogens is 508 g/mol. The summed E-state index contributed by atoms with van der Waals surface area (Å²) in [5, 5.41) is 11.4. The van der Waals surface area contributed by atoms with Crippen LogP contribution in [0.1, 0.15) is 25.0 Å². The molecule has 3 rings (SSSR count). The predicted molar refractivity (Wildman–Crippen MR) is 143 cm³/mol. The van der Waals surface area contributed by atoms with E-state index >= 15 is 0 Å². The molecule has 9 nitrogen and oxygen atoms in total. The summed E-state index contributed by atoms with van der Waals surface area (Å²) < 4.78 is 44.0. The Labute approximate surface area is 224 Å². The molecule has 0 aliphatic carbocycles. The van der Waals surface area contributed by atoms with Crippen LogP contribution >= 0.6 is 0 Å². The quantitative estimate of drug-likeness (QED) is 0.344. The standard InChI is InChI=1S/C28H36N2O7S/c1-21(2)17-30(38(33,34)25-12-10-24(35-4)11-13-25)18-27(31)26(16-22-8-6-5-7-9-22)29(3)28(32)37-20-23-14-15-36-19-23/h5-15,19,21,26-27,31H,16-18,20H2,1-4H3/t26-,27+/m0/s1. The molecule has 2 atom stereocenters. The molecule has 1 aromatic heterocycles. The van der Waals surface area contributed by atoms with Gasteiger partial charge in [0, 0.05) is 25.7 Å². The third kappa shape index (κ3) is 7.83. The van der Waals surface area contributed by atoms with Gasteiger partial charge in [-0.05, 0) is 48.2 Å². The van der Waals surface area contributed by atoms with Crippen LogP contribution in [-0.4, -0.2) is 68.2 Å². The molecule has 38 heavy (non-hydrogen) atoms. The van der Waals surface area contributed by atoms with Gasteiger partial charge in [-0.3, -0.25) is 0 Å². The second kappa shape index (κ2) is 13.5. The van der Waals surface area contributed by atoms with Crippen molar-refractivity contribution in [3.8, 4) is 5.75 Å². The molecule has 1 heterocycles. The van der Waals surface area contributed by atoms with E-state index in [1.165, 1.54) is 41.0 Å². The molecule has 0 aliphatic rings. The molecule has 0 unspecified atom stereocenters. The van der Waals surface area contributed by atoms with Gasteiger partial charge in [-0.2, -0.15) is 4.31 Å². The zero-order valence-electron chi connectivity index (χ0n) is 22.2. The van der Waals surface area contributed by atoms with Crippen LogP contribution in [0.2, 0.25) is 0 Å². The number of ether oxygens (including phenoxy) is 2. The summed E-state index contributed by atoms with van der Waals surface area (Å²) in [5.74, 6) is 0.540. The highest BCUT2D eigenvalue weighted by Crippen LogP contribution is 2.23. The van der Waals surface area contributed by atoms with E-state index in [0.29, 0.717) is 17.7 Å². The lowest BCUT2D eigenvalue weighted by atomic mass is 10.00. The number of hydrogen-bond donors (Lipinski definition) is 1. The summed E-state index contributed by atoms with van der Waals surface area (Å²) in [6, 6.07) is 16.5. The highest BCUT2D eigenvalue weighted by Gasteiger charge is 2.34. The first-order valence-corrected chi connectivity index (χ1v) is 13.8. The molecule has 0 radical (unpaired) electrons. The number of furan rings is 1. The van der Waals surface area contributed by atoms with Crippen molar-refractivity contribution in [3.05, 3.63) is 84.3 Å². The summed E-state index contributed by atoms with van der Waals surface area (Å²) in [4.78, 5) is 14.4. The number of likely N-dealkylation sites (N-methyl/N-ethyl adjacent to an activating group) is 1. The molecule has 0 bridgehead atoms. The first-order chi connectivity index (χ1) is 18.1. The molecule has 2 aromatic carbocycles. The maximum Gasteiger partial charge on any atom is 0.410 e. The summed E-state index contributed by atoms with van der Waals surface area (Å²) >= 11 is 0. The van der Waals surface area contributed by atoms with Crippen molar-refractivity contribution in [1.82, 2.24) is 9.21 Å². The number of sulfonamides is 1. The van der Waals surface area contributed by atoms with E-state index < -0.39 is 28.3 Å². The number of carbonyl (C=O) groups is 1. The normalized spacial score (nSPS) is 13.3. The average Bonchev–Trinajstić information content (AvgIpc) is 3.43. The van der Waals surface area contributed by atoms with Crippen LogP contribution in [0.5, 0.6) is 5.75 Å². The van der Waals surface area contributed by atoms with Crippen molar-refractivity contribution < 1.29 is 32.2 Å². The lowest BCUT2D eigenvalue weighted by Gasteiger charge is -2.34. The Morgan fingerprint density at radius 3 is 2.26 bits per heavy atom. The van der Waals surface area contributed by atoms with Crippen molar-refractivity contribution >= 4 is 16.1 Å². The third-order valence-corrected chi connectivity index (χ3v) is 7.96. The van der Waals surface area contributed by atoms with Gasteiger partial charge >= 0.3 is 6.09 Å². The third-order valence-electron chi connectivity index (χ3n) is 6.12. The number of nitrogens with zero attached hydrogens (tertiary/aromatic N) is 2. The SMILES string of the molecule is COc1ccc(S(=O)(=O)N(CC(C)C)C[C@@H](O)[C@H](Cc2ccccc2)N(C)C(=O)OCc2ccoc2)cc1. The van der Waals surface area contributed by atoms with Crippen LogP contribution < -0.4 is 4.74 Å². The maximum absolute atomic E-state index is 13.6. The minimum Gasteiger partial charge on any atom is -0.497 e. The van der Waals surface area contributed by atoms with E-state index in [-0.39, 0.29) is 30.5 Å². The lowest BCUT2D eigenvalue weighted by Crippen LogP contribution is -2.51. The Morgan fingerprint density at radius 1 is 1.00 bits per heavy atom. The van der Waals surface area contributed by atoms with E-state index in [1.807, 2.05) is 44.2 Å². The van der Waals surface area contributed by atoms with Gasteiger partial charge in [0.25, 0.3) is 0 Å².